The van der Waals surface area contributed by atoms with Gasteiger partial charge in [-0.05, 0) is 25.5 Å². The summed E-state index contributed by atoms with van der Waals surface area (Å²) in [4.78, 5) is 8.86. The Morgan fingerprint density at radius 1 is 1.12 bits per heavy atom. The Morgan fingerprint density at radius 3 is 2.47 bits per heavy atom. The third kappa shape index (κ3) is 2.47. The Hall–Kier alpha value is -1.41. The van der Waals surface area contributed by atoms with Gasteiger partial charge in [0.2, 0.25) is 0 Å². The summed E-state index contributed by atoms with van der Waals surface area (Å²) >= 11 is 5.80. The summed E-state index contributed by atoms with van der Waals surface area (Å²) in [6.07, 6.45) is 1.77. The molecule has 88 valence electrons. The highest BCUT2D eigenvalue weighted by Crippen LogP contribution is 2.28. The number of aromatic nitrogens is 2. The van der Waals surface area contributed by atoms with Crippen LogP contribution >= 0.6 is 11.6 Å². The van der Waals surface area contributed by atoms with Crippen LogP contribution in [0.3, 0.4) is 0 Å². The molecule has 1 aromatic carbocycles. The molecule has 0 amide bonds. The summed E-state index contributed by atoms with van der Waals surface area (Å²) in [6, 6.07) is 12.1. The number of hydrogen-bond acceptors (Lipinski definition) is 2. The standard InChI is InChI=1S/C14H15ClN2/c1-14(2,11-6-4-3-5-7-11)13-16-9-8-12(10-15)17-13/h3-9H,10H2,1-2H3. The average Bonchev–Trinajstić information content (AvgIpc) is 2.40. The molecule has 0 fully saturated rings. The molecule has 0 atom stereocenters. The summed E-state index contributed by atoms with van der Waals surface area (Å²) in [5.74, 6) is 1.22. The van der Waals surface area contributed by atoms with Crippen LogP contribution in [0.15, 0.2) is 42.6 Å². The van der Waals surface area contributed by atoms with Crippen molar-refractivity contribution in [1.82, 2.24) is 9.97 Å². The van der Waals surface area contributed by atoms with Crippen molar-refractivity contribution in [2.75, 3.05) is 0 Å². The van der Waals surface area contributed by atoms with Crippen molar-refractivity contribution in [2.45, 2.75) is 25.1 Å². The zero-order valence-electron chi connectivity index (χ0n) is 10.0. The van der Waals surface area contributed by atoms with Crippen LogP contribution < -0.4 is 0 Å². The fourth-order valence-corrected chi connectivity index (χ4v) is 1.90. The van der Waals surface area contributed by atoms with Crippen LogP contribution in [0, 0.1) is 0 Å². The second-order valence-corrected chi connectivity index (χ2v) is 4.76. The first-order valence-corrected chi connectivity index (χ1v) is 6.12. The van der Waals surface area contributed by atoms with Gasteiger partial charge in [0.1, 0.15) is 5.82 Å². The SMILES string of the molecule is CC(C)(c1ccccc1)c1nccc(CCl)n1. The Labute approximate surface area is 107 Å². The van der Waals surface area contributed by atoms with Gasteiger partial charge in [0.15, 0.2) is 0 Å². The van der Waals surface area contributed by atoms with Crippen molar-refractivity contribution in [3.8, 4) is 0 Å². The van der Waals surface area contributed by atoms with Crippen LogP contribution in [-0.4, -0.2) is 9.97 Å². The maximum atomic E-state index is 5.80. The lowest BCUT2D eigenvalue weighted by molar-refractivity contribution is 0.586. The first-order valence-electron chi connectivity index (χ1n) is 5.58. The van der Waals surface area contributed by atoms with Gasteiger partial charge in [0.25, 0.3) is 0 Å². The molecule has 0 saturated carbocycles. The molecule has 2 aromatic rings. The van der Waals surface area contributed by atoms with Crippen LogP contribution in [0.4, 0.5) is 0 Å². The van der Waals surface area contributed by atoms with Crippen molar-refractivity contribution in [3.63, 3.8) is 0 Å². The van der Waals surface area contributed by atoms with Gasteiger partial charge in [-0.1, -0.05) is 30.3 Å². The molecule has 0 spiro atoms. The fraction of sp³-hybridized carbons (Fsp3) is 0.286. The van der Waals surface area contributed by atoms with Crippen molar-refractivity contribution in [3.05, 3.63) is 59.7 Å². The minimum atomic E-state index is -0.205. The molecule has 0 unspecified atom stereocenters. The molecule has 0 radical (unpaired) electrons. The van der Waals surface area contributed by atoms with Crippen molar-refractivity contribution in [1.29, 1.82) is 0 Å². The number of nitrogens with zero attached hydrogens (tertiary/aromatic N) is 2. The molecule has 1 aromatic heterocycles. The Kier molecular flexibility index (Phi) is 3.43. The van der Waals surface area contributed by atoms with Crippen LogP contribution in [0.2, 0.25) is 0 Å². The van der Waals surface area contributed by atoms with Gasteiger partial charge in [0.05, 0.1) is 11.6 Å². The Bertz CT molecular complexity index is 495. The van der Waals surface area contributed by atoms with Gasteiger partial charge in [-0.2, -0.15) is 0 Å². The van der Waals surface area contributed by atoms with E-state index in [2.05, 4.69) is 35.9 Å². The largest absolute Gasteiger partial charge is 0.240 e. The first kappa shape index (κ1) is 12.1. The molecular formula is C14H15ClN2. The normalized spacial score (nSPS) is 11.5. The maximum Gasteiger partial charge on any atom is 0.138 e. The summed E-state index contributed by atoms with van der Waals surface area (Å²) in [5, 5.41) is 0. The molecule has 0 aliphatic rings. The van der Waals surface area contributed by atoms with E-state index in [1.807, 2.05) is 24.3 Å². The first-order chi connectivity index (χ1) is 8.14. The second-order valence-electron chi connectivity index (χ2n) is 4.50. The Morgan fingerprint density at radius 2 is 1.82 bits per heavy atom. The minimum absolute atomic E-state index is 0.205. The lowest BCUT2D eigenvalue weighted by Gasteiger charge is -2.23. The summed E-state index contributed by atoms with van der Waals surface area (Å²) in [7, 11) is 0. The van der Waals surface area contributed by atoms with Gasteiger partial charge in [-0.3, -0.25) is 0 Å². The van der Waals surface area contributed by atoms with E-state index in [-0.39, 0.29) is 5.41 Å². The van der Waals surface area contributed by atoms with Crippen molar-refractivity contribution < 1.29 is 0 Å². The number of hydrogen-bond donors (Lipinski definition) is 0. The van der Waals surface area contributed by atoms with Crippen molar-refractivity contribution >= 4 is 11.6 Å². The third-order valence-corrected chi connectivity index (χ3v) is 3.18. The summed E-state index contributed by atoms with van der Waals surface area (Å²) < 4.78 is 0. The summed E-state index contributed by atoms with van der Waals surface area (Å²) in [6.45, 7) is 4.24. The highest BCUT2D eigenvalue weighted by Gasteiger charge is 2.26. The smallest absolute Gasteiger partial charge is 0.138 e. The summed E-state index contributed by atoms with van der Waals surface area (Å²) in [5.41, 5.74) is 1.86. The zero-order valence-corrected chi connectivity index (χ0v) is 10.8. The predicted molar refractivity (Wildman–Crippen MR) is 70.2 cm³/mol. The van der Waals surface area contributed by atoms with Gasteiger partial charge < -0.3 is 0 Å². The fourth-order valence-electron chi connectivity index (χ4n) is 1.76. The van der Waals surface area contributed by atoms with Crippen LogP contribution in [-0.2, 0) is 11.3 Å². The Balaban J connectivity index is 2.44. The number of benzene rings is 1. The van der Waals surface area contributed by atoms with Crippen LogP contribution in [0.5, 0.6) is 0 Å². The molecule has 0 bridgehead atoms. The van der Waals surface area contributed by atoms with Gasteiger partial charge in [0, 0.05) is 11.6 Å². The molecule has 0 aliphatic carbocycles. The molecule has 0 N–H and O–H groups in total. The van der Waals surface area contributed by atoms with Crippen LogP contribution in [0.25, 0.3) is 0 Å². The van der Waals surface area contributed by atoms with Crippen molar-refractivity contribution in [2.24, 2.45) is 0 Å². The molecule has 0 saturated heterocycles. The highest BCUT2D eigenvalue weighted by atomic mass is 35.5. The van der Waals surface area contributed by atoms with Gasteiger partial charge in [-0.15, -0.1) is 11.6 Å². The highest BCUT2D eigenvalue weighted by molar-refractivity contribution is 6.16. The molecule has 2 nitrogen and oxygen atoms in total. The van der Waals surface area contributed by atoms with E-state index in [1.54, 1.807) is 6.20 Å². The van der Waals surface area contributed by atoms with E-state index in [9.17, 15) is 0 Å². The van der Waals surface area contributed by atoms with E-state index < -0.39 is 0 Å². The molecule has 1 heterocycles. The minimum Gasteiger partial charge on any atom is -0.240 e. The van der Waals surface area contributed by atoms with Gasteiger partial charge >= 0.3 is 0 Å². The van der Waals surface area contributed by atoms with E-state index >= 15 is 0 Å². The molecule has 3 heteroatoms. The lowest BCUT2D eigenvalue weighted by atomic mass is 9.84. The predicted octanol–water partition coefficient (Wildman–Crippen LogP) is 3.54. The molecule has 17 heavy (non-hydrogen) atoms. The monoisotopic (exact) mass is 246 g/mol. The zero-order chi connectivity index (χ0) is 12.3. The molecule has 2 rings (SSSR count). The number of halogens is 1. The second kappa shape index (κ2) is 4.84. The lowest BCUT2D eigenvalue weighted by Crippen LogP contribution is -2.22. The average molecular weight is 247 g/mol. The van der Waals surface area contributed by atoms with E-state index in [0.717, 1.165) is 11.5 Å². The van der Waals surface area contributed by atoms with E-state index in [0.29, 0.717) is 5.88 Å². The molecular weight excluding hydrogens is 232 g/mol. The molecule has 0 aliphatic heterocycles. The van der Waals surface area contributed by atoms with Crippen LogP contribution in [0.1, 0.15) is 30.9 Å². The number of alkyl halides is 1. The quantitative estimate of drug-likeness (QED) is 0.775. The van der Waals surface area contributed by atoms with E-state index in [1.165, 1.54) is 5.56 Å². The number of rotatable bonds is 3. The third-order valence-electron chi connectivity index (χ3n) is 2.90. The topological polar surface area (TPSA) is 25.8 Å². The van der Waals surface area contributed by atoms with Gasteiger partial charge in [-0.25, -0.2) is 9.97 Å². The van der Waals surface area contributed by atoms with E-state index in [4.69, 9.17) is 11.6 Å². The maximum absolute atomic E-state index is 5.80.